The highest BCUT2D eigenvalue weighted by molar-refractivity contribution is 8.15. The lowest BCUT2D eigenvalue weighted by Gasteiger charge is -2.04. The molecule has 2 aromatic rings. The van der Waals surface area contributed by atoms with Gasteiger partial charge < -0.3 is 5.32 Å². The molecule has 1 atom stereocenters. The Bertz CT molecular complexity index is 990. The number of nitrogens with one attached hydrogen (secondary N) is 1. The first kappa shape index (κ1) is 19.2. The largest absolute Gasteiger partial charge is 0.303 e. The van der Waals surface area contributed by atoms with E-state index in [9.17, 15) is 25.0 Å². The van der Waals surface area contributed by atoms with Gasteiger partial charge in [0.2, 0.25) is 5.91 Å². The molecular weight excluding hydrogens is 386 g/mol. The summed E-state index contributed by atoms with van der Waals surface area (Å²) in [4.78, 5) is 32.6. The van der Waals surface area contributed by atoms with Crippen LogP contribution in [0.25, 0.3) is 0 Å². The lowest BCUT2D eigenvalue weighted by atomic mass is 10.1. The van der Waals surface area contributed by atoms with Gasteiger partial charge in [0, 0.05) is 24.3 Å². The Kier molecular flexibility index (Phi) is 5.75. The molecule has 28 heavy (non-hydrogen) atoms. The van der Waals surface area contributed by atoms with Crippen LogP contribution in [0.4, 0.5) is 11.4 Å². The highest BCUT2D eigenvalue weighted by Gasteiger charge is 2.30. The van der Waals surface area contributed by atoms with E-state index in [2.05, 4.69) is 15.5 Å². The van der Waals surface area contributed by atoms with Crippen LogP contribution in [-0.2, 0) is 11.2 Å². The Balaban J connectivity index is 1.62. The summed E-state index contributed by atoms with van der Waals surface area (Å²) >= 11 is 1.19. The highest BCUT2D eigenvalue weighted by atomic mass is 32.2. The molecule has 0 saturated carbocycles. The number of nitro groups is 2. The zero-order chi connectivity index (χ0) is 20.1. The van der Waals surface area contributed by atoms with E-state index in [0.717, 1.165) is 0 Å². The van der Waals surface area contributed by atoms with Crippen molar-refractivity contribution in [2.45, 2.75) is 11.7 Å². The molecule has 3 rings (SSSR count). The minimum atomic E-state index is -0.493. The molecule has 0 aromatic heterocycles. The van der Waals surface area contributed by atoms with Crippen LogP contribution in [0, 0.1) is 20.2 Å². The number of benzene rings is 2. The van der Waals surface area contributed by atoms with Gasteiger partial charge in [0.1, 0.15) is 0 Å². The van der Waals surface area contributed by atoms with E-state index in [1.807, 2.05) is 0 Å². The van der Waals surface area contributed by atoms with Crippen LogP contribution in [0.15, 0.2) is 58.7 Å². The molecule has 1 N–H and O–H groups in total. The van der Waals surface area contributed by atoms with E-state index in [1.54, 1.807) is 12.1 Å². The number of nitrogens with zero attached hydrogens (tertiary/aromatic N) is 4. The molecule has 1 heterocycles. The quantitative estimate of drug-likeness (QED) is 0.450. The van der Waals surface area contributed by atoms with Crippen molar-refractivity contribution in [3.05, 3.63) is 79.9 Å². The number of nitro benzene ring substituents is 2. The zero-order valence-corrected chi connectivity index (χ0v) is 15.0. The molecule has 1 unspecified atom stereocenters. The Morgan fingerprint density at radius 3 is 2.46 bits per heavy atom. The number of hydrogen-bond acceptors (Lipinski definition) is 8. The van der Waals surface area contributed by atoms with E-state index in [1.165, 1.54) is 54.4 Å². The van der Waals surface area contributed by atoms with Gasteiger partial charge >= 0.3 is 0 Å². The van der Waals surface area contributed by atoms with Crippen molar-refractivity contribution in [2.24, 2.45) is 10.2 Å². The molecule has 0 spiro atoms. The molecule has 1 amide bonds. The maximum atomic E-state index is 12.1. The third-order valence-corrected chi connectivity index (χ3v) is 4.85. The van der Waals surface area contributed by atoms with Crippen molar-refractivity contribution < 1.29 is 14.6 Å². The summed E-state index contributed by atoms with van der Waals surface area (Å²) in [6, 6.07) is 11.9. The summed E-state index contributed by atoms with van der Waals surface area (Å²) < 4.78 is 0. The first-order chi connectivity index (χ1) is 13.4. The molecule has 1 saturated heterocycles. The molecule has 11 heteroatoms. The van der Waals surface area contributed by atoms with Crippen LogP contribution >= 0.6 is 11.8 Å². The Morgan fingerprint density at radius 2 is 1.79 bits per heavy atom. The van der Waals surface area contributed by atoms with Crippen LogP contribution in [0.3, 0.4) is 0 Å². The normalized spacial score (nSPS) is 17.8. The molecule has 142 valence electrons. The molecule has 10 nitrogen and oxygen atoms in total. The summed E-state index contributed by atoms with van der Waals surface area (Å²) in [5.74, 6) is -0.249. The van der Waals surface area contributed by atoms with E-state index >= 15 is 0 Å². The van der Waals surface area contributed by atoms with Gasteiger partial charge in [0.05, 0.1) is 21.3 Å². The van der Waals surface area contributed by atoms with Crippen molar-refractivity contribution in [3.63, 3.8) is 0 Å². The fourth-order valence-corrected chi connectivity index (χ4v) is 3.39. The first-order valence-corrected chi connectivity index (χ1v) is 8.86. The topological polar surface area (TPSA) is 140 Å². The molecule has 0 aliphatic carbocycles. The van der Waals surface area contributed by atoms with Gasteiger partial charge in [-0.15, -0.1) is 5.10 Å². The summed E-state index contributed by atoms with van der Waals surface area (Å²) in [5, 5.41) is 31.7. The molecule has 2 aromatic carbocycles. The number of amides is 1. The lowest BCUT2D eigenvalue weighted by Crippen LogP contribution is -2.25. The fraction of sp³-hybridized carbons (Fsp3) is 0.118. The van der Waals surface area contributed by atoms with Gasteiger partial charge in [-0.05, 0) is 29.7 Å². The predicted molar refractivity (Wildman–Crippen MR) is 104 cm³/mol. The van der Waals surface area contributed by atoms with E-state index in [0.29, 0.717) is 22.7 Å². The second-order valence-corrected chi connectivity index (χ2v) is 6.92. The van der Waals surface area contributed by atoms with Gasteiger partial charge in [-0.3, -0.25) is 25.0 Å². The molecular formula is C17H13N5O5S. The number of hydrogen-bond donors (Lipinski definition) is 1. The van der Waals surface area contributed by atoms with Gasteiger partial charge in [0.25, 0.3) is 11.4 Å². The monoisotopic (exact) mass is 399 g/mol. The highest BCUT2D eigenvalue weighted by Crippen LogP contribution is 2.25. The summed E-state index contributed by atoms with van der Waals surface area (Å²) in [7, 11) is 0. The Hall–Kier alpha value is -3.60. The van der Waals surface area contributed by atoms with Gasteiger partial charge in [-0.2, -0.15) is 5.10 Å². The van der Waals surface area contributed by atoms with E-state index in [4.69, 9.17) is 0 Å². The summed E-state index contributed by atoms with van der Waals surface area (Å²) in [6.07, 6.45) is 1.74. The maximum absolute atomic E-state index is 12.1. The molecule has 0 bridgehead atoms. The average Bonchev–Trinajstić information content (AvgIpc) is 3.01. The van der Waals surface area contributed by atoms with Crippen LogP contribution in [-0.4, -0.2) is 32.4 Å². The van der Waals surface area contributed by atoms with Crippen LogP contribution in [0.2, 0.25) is 0 Å². The number of carbonyl (C=O) groups is 1. The number of non-ortho nitro benzene ring substituents is 2. The van der Waals surface area contributed by atoms with Crippen molar-refractivity contribution in [2.75, 3.05) is 0 Å². The summed E-state index contributed by atoms with van der Waals surface area (Å²) in [5.41, 5.74) is 1.25. The third-order valence-electron chi connectivity index (χ3n) is 3.78. The SMILES string of the molecule is O=C1N/C(=N\N=C\c2ccc([N+](=O)[O-])cc2)SC1Cc1cccc([N+](=O)[O-])c1. The molecule has 0 radical (unpaired) electrons. The predicted octanol–water partition coefficient (Wildman–Crippen LogP) is 2.67. The smallest absolute Gasteiger partial charge is 0.269 e. The van der Waals surface area contributed by atoms with Crippen LogP contribution in [0.1, 0.15) is 11.1 Å². The second-order valence-electron chi connectivity index (χ2n) is 5.73. The van der Waals surface area contributed by atoms with Crippen molar-refractivity contribution in [1.82, 2.24) is 5.32 Å². The number of amidine groups is 1. The minimum absolute atomic E-state index is 0.0222. The van der Waals surface area contributed by atoms with E-state index in [-0.39, 0.29) is 17.3 Å². The van der Waals surface area contributed by atoms with Gasteiger partial charge in [0.15, 0.2) is 5.17 Å². The van der Waals surface area contributed by atoms with Gasteiger partial charge in [-0.25, -0.2) is 0 Å². The number of thioether (sulfide) groups is 1. The van der Waals surface area contributed by atoms with Crippen LogP contribution in [0.5, 0.6) is 0 Å². The first-order valence-electron chi connectivity index (χ1n) is 7.99. The maximum Gasteiger partial charge on any atom is 0.269 e. The molecule has 1 fully saturated rings. The van der Waals surface area contributed by atoms with Crippen LogP contribution < -0.4 is 5.32 Å². The summed E-state index contributed by atoms with van der Waals surface area (Å²) in [6.45, 7) is 0. The molecule has 1 aliphatic heterocycles. The third kappa shape index (κ3) is 4.76. The minimum Gasteiger partial charge on any atom is -0.303 e. The number of rotatable bonds is 6. The lowest BCUT2D eigenvalue weighted by molar-refractivity contribution is -0.385. The zero-order valence-electron chi connectivity index (χ0n) is 14.2. The molecule has 1 aliphatic rings. The van der Waals surface area contributed by atoms with Crippen molar-refractivity contribution in [3.8, 4) is 0 Å². The Labute approximate surface area is 162 Å². The standard InChI is InChI=1S/C17H13N5O5S/c23-16-15(9-12-2-1-3-14(8-12)22(26)27)28-17(19-16)20-18-10-11-4-6-13(7-5-11)21(24)25/h1-8,10,15H,9H2,(H,19,20,23)/b18-10+. The van der Waals surface area contributed by atoms with Crippen molar-refractivity contribution >= 4 is 40.4 Å². The Morgan fingerprint density at radius 1 is 1.07 bits per heavy atom. The fourth-order valence-electron chi connectivity index (χ4n) is 2.43. The average molecular weight is 399 g/mol. The van der Waals surface area contributed by atoms with E-state index < -0.39 is 15.1 Å². The van der Waals surface area contributed by atoms with Crippen molar-refractivity contribution in [1.29, 1.82) is 0 Å². The van der Waals surface area contributed by atoms with Gasteiger partial charge in [-0.1, -0.05) is 23.9 Å². The second kappa shape index (κ2) is 8.39. The number of carbonyl (C=O) groups excluding carboxylic acids is 1.